The van der Waals surface area contributed by atoms with E-state index in [0.717, 1.165) is 16.8 Å². The van der Waals surface area contributed by atoms with Crippen molar-refractivity contribution in [3.05, 3.63) is 83.1 Å². The first-order chi connectivity index (χ1) is 11.2. The first-order valence-electron chi connectivity index (χ1n) is 7.45. The van der Waals surface area contributed by atoms with Gasteiger partial charge < -0.3 is 10.4 Å². The number of hydrogen-bond acceptors (Lipinski definition) is 3. The number of benzene rings is 2. The highest BCUT2D eigenvalue weighted by atomic mass is 35.5. The Kier molecular flexibility index (Phi) is 5.08. The van der Waals surface area contributed by atoms with Gasteiger partial charge in [0, 0.05) is 29.9 Å². The molecule has 0 spiro atoms. The number of rotatable bonds is 6. The van der Waals surface area contributed by atoms with E-state index in [-0.39, 0.29) is 0 Å². The molecule has 0 saturated heterocycles. The molecule has 0 bridgehead atoms. The molecule has 23 heavy (non-hydrogen) atoms. The maximum atomic E-state index is 10.1. The maximum absolute atomic E-state index is 10.1. The van der Waals surface area contributed by atoms with Gasteiger partial charge in [-0.3, -0.25) is 0 Å². The minimum Gasteiger partial charge on any atom is -0.387 e. The van der Waals surface area contributed by atoms with Gasteiger partial charge in [-0.05, 0) is 29.8 Å². The molecule has 1 atom stereocenters. The lowest BCUT2D eigenvalue weighted by molar-refractivity contribution is 0.174. The number of halogens is 1. The minimum absolute atomic E-state index is 0.470. The van der Waals surface area contributed by atoms with Crippen LogP contribution >= 0.6 is 11.6 Å². The van der Waals surface area contributed by atoms with Crippen LogP contribution in [0.5, 0.6) is 0 Å². The highest BCUT2D eigenvalue weighted by molar-refractivity contribution is 6.30. The van der Waals surface area contributed by atoms with Crippen molar-refractivity contribution in [3.8, 4) is 5.69 Å². The predicted molar refractivity (Wildman–Crippen MR) is 91.7 cm³/mol. The number of aliphatic hydroxyl groups is 1. The normalized spacial score (nSPS) is 12.3. The Morgan fingerprint density at radius 2 is 1.83 bits per heavy atom. The number of nitrogens with zero attached hydrogens (tertiary/aromatic N) is 2. The SMILES string of the molecule is OC(CNCc1cnn(-c2ccccc2)c1)c1ccc(Cl)cc1. The molecular weight excluding hydrogens is 310 g/mol. The van der Waals surface area contributed by atoms with E-state index in [2.05, 4.69) is 10.4 Å². The Bertz CT molecular complexity index is 740. The zero-order valence-electron chi connectivity index (χ0n) is 12.6. The number of aromatic nitrogens is 2. The van der Waals surface area contributed by atoms with Crippen LogP contribution in [0.1, 0.15) is 17.2 Å². The van der Waals surface area contributed by atoms with Crippen LogP contribution in [0.15, 0.2) is 67.0 Å². The highest BCUT2D eigenvalue weighted by Crippen LogP contribution is 2.16. The highest BCUT2D eigenvalue weighted by Gasteiger charge is 2.07. The van der Waals surface area contributed by atoms with E-state index < -0.39 is 6.10 Å². The second-order valence-electron chi connectivity index (χ2n) is 5.33. The van der Waals surface area contributed by atoms with Crippen LogP contribution in [0.25, 0.3) is 5.69 Å². The smallest absolute Gasteiger partial charge is 0.0914 e. The Morgan fingerprint density at radius 3 is 2.57 bits per heavy atom. The molecular formula is C18H18ClN3O. The summed E-state index contributed by atoms with van der Waals surface area (Å²) in [7, 11) is 0. The molecule has 5 heteroatoms. The largest absolute Gasteiger partial charge is 0.387 e. The molecule has 4 nitrogen and oxygen atoms in total. The van der Waals surface area contributed by atoms with E-state index >= 15 is 0 Å². The van der Waals surface area contributed by atoms with Crippen molar-refractivity contribution in [1.29, 1.82) is 0 Å². The molecule has 0 fully saturated rings. The predicted octanol–water partition coefficient (Wildman–Crippen LogP) is 3.35. The lowest BCUT2D eigenvalue weighted by Gasteiger charge is -2.11. The van der Waals surface area contributed by atoms with Crippen molar-refractivity contribution in [3.63, 3.8) is 0 Å². The average molecular weight is 328 g/mol. The first kappa shape index (κ1) is 15.7. The fraction of sp³-hybridized carbons (Fsp3) is 0.167. The molecule has 1 heterocycles. The Balaban J connectivity index is 1.53. The lowest BCUT2D eigenvalue weighted by atomic mass is 10.1. The van der Waals surface area contributed by atoms with Gasteiger partial charge in [-0.2, -0.15) is 5.10 Å². The molecule has 3 rings (SSSR count). The summed E-state index contributed by atoms with van der Waals surface area (Å²) < 4.78 is 1.84. The Hall–Kier alpha value is -2.14. The lowest BCUT2D eigenvalue weighted by Crippen LogP contribution is -2.20. The van der Waals surface area contributed by atoms with E-state index in [1.165, 1.54) is 0 Å². The van der Waals surface area contributed by atoms with Crippen LogP contribution in [0.4, 0.5) is 0 Å². The van der Waals surface area contributed by atoms with Gasteiger partial charge in [-0.1, -0.05) is 41.9 Å². The molecule has 1 aromatic heterocycles. The second-order valence-corrected chi connectivity index (χ2v) is 5.76. The summed E-state index contributed by atoms with van der Waals surface area (Å²) in [6, 6.07) is 17.2. The van der Waals surface area contributed by atoms with Gasteiger partial charge in [0.15, 0.2) is 0 Å². The number of hydrogen-bond donors (Lipinski definition) is 2. The molecule has 2 aromatic carbocycles. The van der Waals surface area contributed by atoms with Crippen LogP contribution in [0, 0.1) is 0 Å². The van der Waals surface area contributed by atoms with Gasteiger partial charge in [0.1, 0.15) is 0 Å². The van der Waals surface area contributed by atoms with Gasteiger partial charge in [-0.15, -0.1) is 0 Å². The van der Waals surface area contributed by atoms with Gasteiger partial charge >= 0.3 is 0 Å². The first-order valence-corrected chi connectivity index (χ1v) is 7.83. The Morgan fingerprint density at radius 1 is 1.09 bits per heavy atom. The van der Waals surface area contributed by atoms with Gasteiger partial charge in [0.2, 0.25) is 0 Å². The van der Waals surface area contributed by atoms with Crippen molar-refractivity contribution in [2.75, 3.05) is 6.54 Å². The number of nitrogens with one attached hydrogen (secondary N) is 1. The molecule has 1 unspecified atom stereocenters. The van der Waals surface area contributed by atoms with Gasteiger partial charge in [0.05, 0.1) is 18.0 Å². The Labute approximate surface area is 140 Å². The van der Waals surface area contributed by atoms with E-state index in [1.807, 2.05) is 59.5 Å². The van der Waals surface area contributed by atoms with Crippen LogP contribution in [-0.2, 0) is 6.54 Å². The summed E-state index contributed by atoms with van der Waals surface area (Å²) in [5.41, 5.74) is 2.94. The fourth-order valence-corrected chi connectivity index (χ4v) is 2.46. The van der Waals surface area contributed by atoms with Crippen molar-refractivity contribution < 1.29 is 5.11 Å². The zero-order valence-corrected chi connectivity index (χ0v) is 13.3. The van der Waals surface area contributed by atoms with Crippen LogP contribution in [-0.4, -0.2) is 21.4 Å². The van der Waals surface area contributed by atoms with E-state index in [0.29, 0.717) is 18.1 Å². The molecule has 0 aliphatic rings. The number of aliphatic hydroxyl groups excluding tert-OH is 1. The molecule has 118 valence electrons. The van der Waals surface area contributed by atoms with Gasteiger partial charge in [0.25, 0.3) is 0 Å². The second kappa shape index (κ2) is 7.42. The summed E-state index contributed by atoms with van der Waals surface area (Å²) in [4.78, 5) is 0. The van der Waals surface area contributed by atoms with Gasteiger partial charge in [-0.25, -0.2) is 4.68 Å². The molecule has 0 saturated carbocycles. The quantitative estimate of drug-likeness (QED) is 0.730. The fourth-order valence-electron chi connectivity index (χ4n) is 2.33. The van der Waals surface area contributed by atoms with E-state index in [9.17, 15) is 5.11 Å². The molecule has 0 aliphatic heterocycles. The molecule has 0 amide bonds. The molecule has 0 radical (unpaired) electrons. The third kappa shape index (κ3) is 4.20. The van der Waals surface area contributed by atoms with Crippen LogP contribution in [0.2, 0.25) is 5.02 Å². The molecule has 2 N–H and O–H groups in total. The molecule has 3 aromatic rings. The van der Waals surface area contributed by atoms with E-state index in [4.69, 9.17) is 11.6 Å². The topological polar surface area (TPSA) is 50.1 Å². The van der Waals surface area contributed by atoms with Crippen molar-refractivity contribution >= 4 is 11.6 Å². The maximum Gasteiger partial charge on any atom is 0.0914 e. The third-order valence-corrected chi connectivity index (χ3v) is 3.83. The minimum atomic E-state index is -0.559. The summed E-state index contributed by atoms with van der Waals surface area (Å²) in [6.45, 7) is 1.12. The average Bonchev–Trinajstić information content (AvgIpc) is 3.05. The number of para-hydroxylation sites is 1. The van der Waals surface area contributed by atoms with Crippen molar-refractivity contribution in [1.82, 2.24) is 15.1 Å². The van der Waals surface area contributed by atoms with Crippen LogP contribution < -0.4 is 5.32 Å². The summed E-state index contributed by atoms with van der Waals surface area (Å²) in [5, 5.41) is 18.4. The summed E-state index contributed by atoms with van der Waals surface area (Å²) in [6.07, 6.45) is 3.25. The van der Waals surface area contributed by atoms with Crippen molar-refractivity contribution in [2.45, 2.75) is 12.6 Å². The summed E-state index contributed by atoms with van der Waals surface area (Å²) >= 11 is 5.85. The van der Waals surface area contributed by atoms with Crippen molar-refractivity contribution in [2.24, 2.45) is 0 Å². The van der Waals surface area contributed by atoms with E-state index in [1.54, 1.807) is 12.1 Å². The standard InChI is InChI=1S/C18H18ClN3O/c19-16-8-6-15(7-9-16)18(23)12-20-10-14-11-21-22(13-14)17-4-2-1-3-5-17/h1-9,11,13,18,20,23H,10,12H2. The summed E-state index contributed by atoms with van der Waals surface area (Å²) in [5.74, 6) is 0. The molecule has 0 aliphatic carbocycles. The van der Waals surface area contributed by atoms with Crippen LogP contribution in [0.3, 0.4) is 0 Å². The third-order valence-electron chi connectivity index (χ3n) is 3.58. The zero-order chi connectivity index (χ0) is 16.1. The monoisotopic (exact) mass is 327 g/mol.